The van der Waals surface area contributed by atoms with Crippen molar-refractivity contribution in [2.24, 2.45) is 0 Å². The van der Waals surface area contributed by atoms with E-state index in [0.717, 1.165) is 16.8 Å². The van der Waals surface area contributed by atoms with E-state index < -0.39 is 0 Å². The molecule has 1 aromatic heterocycles. The van der Waals surface area contributed by atoms with Crippen molar-refractivity contribution in [2.75, 3.05) is 12.8 Å². The predicted octanol–water partition coefficient (Wildman–Crippen LogP) is 1.82. The van der Waals surface area contributed by atoms with Gasteiger partial charge in [-0.05, 0) is 12.2 Å². The molecule has 1 aromatic carbocycles. The average Bonchev–Trinajstić information content (AvgIpc) is 2.46. The van der Waals surface area contributed by atoms with Crippen LogP contribution in [0.1, 0.15) is 0 Å². The van der Waals surface area contributed by atoms with Gasteiger partial charge in [-0.1, -0.05) is 0 Å². The van der Waals surface area contributed by atoms with Gasteiger partial charge in [-0.2, -0.15) is 0 Å². The maximum absolute atomic E-state index is 5.77. The summed E-state index contributed by atoms with van der Waals surface area (Å²) in [7, 11) is 1.60. The van der Waals surface area contributed by atoms with Crippen molar-refractivity contribution >= 4 is 28.9 Å². The minimum absolute atomic E-state index is 0.565. The number of methoxy groups -OCH3 is 1. The molecule has 0 fully saturated rings. The highest BCUT2D eigenvalue weighted by Crippen LogP contribution is 2.24. The number of nitrogens with one attached hydrogen (secondary N) is 2. The molecule has 13 heavy (non-hydrogen) atoms. The quantitative estimate of drug-likeness (QED) is 0.480. The fourth-order valence-electron chi connectivity index (χ4n) is 1.26. The van der Waals surface area contributed by atoms with Crippen LogP contribution in [-0.4, -0.2) is 17.1 Å². The van der Waals surface area contributed by atoms with Crippen molar-refractivity contribution in [3.63, 3.8) is 0 Å². The standard InChI is InChI=1S/C8H9N3OS/c1-12-4-2-5(9)7-6(3-4)10-8(13)11-7/h2-3H,9H2,1H3,(H2,10,11,13). The molecule has 2 rings (SSSR count). The van der Waals surface area contributed by atoms with Crippen LogP contribution in [0.2, 0.25) is 0 Å². The van der Waals surface area contributed by atoms with E-state index in [1.807, 2.05) is 6.07 Å². The van der Waals surface area contributed by atoms with Gasteiger partial charge in [0.25, 0.3) is 0 Å². The molecule has 0 saturated carbocycles. The average molecular weight is 195 g/mol. The summed E-state index contributed by atoms with van der Waals surface area (Å²) in [5.41, 5.74) is 8.08. The molecule has 68 valence electrons. The van der Waals surface area contributed by atoms with Crippen LogP contribution >= 0.6 is 12.2 Å². The Hall–Kier alpha value is -1.49. The number of benzene rings is 1. The smallest absolute Gasteiger partial charge is 0.175 e. The topological polar surface area (TPSA) is 66.8 Å². The largest absolute Gasteiger partial charge is 0.497 e. The van der Waals surface area contributed by atoms with E-state index in [9.17, 15) is 0 Å². The van der Waals surface area contributed by atoms with Crippen molar-refractivity contribution in [1.82, 2.24) is 9.97 Å². The molecule has 0 aliphatic rings. The predicted molar refractivity (Wildman–Crippen MR) is 54.4 cm³/mol. The van der Waals surface area contributed by atoms with Gasteiger partial charge in [-0.25, -0.2) is 0 Å². The molecule has 4 nitrogen and oxygen atoms in total. The van der Waals surface area contributed by atoms with E-state index in [1.54, 1.807) is 13.2 Å². The van der Waals surface area contributed by atoms with Crippen molar-refractivity contribution in [3.8, 4) is 5.75 Å². The van der Waals surface area contributed by atoms with Gasteiger partial charge in [0.05, 0.1) is 23.8 Å². The highest BCUT2D eigenvalue weighted by atomic mass is 32.1. The SMILES string of the molecule is COc1cc(N)c2[nH]c(=S)[nH]c2c1. The molecule has 0 atom stereocenters. The van der Waals surface area contributed by atoms with Crippen molar-refractivity contribution < 1.29 is 4.74 Å². The summed E-state index contributed by atoms with van der Waals surface area (Å²) < 4.78 is 5.63. The summed E-state index contributed by atoms with van der Waals surface area (Å²) in [6, 6.07) is 3.60. The number of rotatable bonds is 1. The fraction of sp³-hybridized carbons (Fsp3) is 0.125. The Balaban J connectivity index is 2.83. The zero-order valence-corrected chi connectivity index (χ0v) is 7.87. The van der Waals surface area contributed by atoms with Gasteiger partial charge in [0.1, 0.15) is 5.75 Å². The van der Waals surface area contributed by atoms with Crippen LogP contribution in [0.3, 0.4) is 0 Å². The molecule has 0 aliphatic heterocycles. The van der Waals surface area contributed by atoms with Gasteiger partial charge in [0.2, 0.25) is 0 Å². The number of H-pyrrole nitrogens is 2. The van der Waals surface area contributed by atoms with Crippen LogP contribution in [0.4, 0.5) is 5.69 Å². The second kappa shape index (κ2) is 2.77. The molecular formula is C8H9N3OS. The number of ether oxygens (including phenoxy) is 1. The maximum Gasteiger partial charge on any atom is 0.175 e. The summed E-state index contributed by atoms with van der Waals surface area (Å²) in [5.74, 6) is 0.718. The number of anilines is 1. The third-order valence-electron chi connectivity index (χ3n) is 1.86. The summed E-state index contributed by atoms with van der Waals surface area (Å²) >= 11 is 4.94. The Bertz CT molecular complexity index is 500. The number of hydrogen-bond acceptors (Lipinski definition) is 3. The first-order valence-electron chi connectivity index (χ1n) is 3.76. The molecule has 0 unspecified atom stereocenters. The van der Waals surface area contributed by atoms with Gasteiger partial charge >= 0.3 is 0 Å². The highest BCUT2D eigenvalue weighted by molar-refractivity contribution is 7.71. The third kappa shape index (κ3) is 1.27. The van der Waals surface area contributed by atoms with Gasteiger partial charge in [-0.3, -0.25) is 0 Å². The van der Waals surface area contributed by atoms with E-state index in [4.69, 9.17) is 22.7 Å². The Morgan fingerprint density at radius 1 is 1.38 bits per heavy atom. The van der Waals surface area contributed by atoms with Gasteiger partial charge in [0.15, 0.2) is 4.77 Å². The van der Waals surface area contributed by atoms with Gasteiger partial charge < -0.3 is 20.4 Å². The Morgan fingerprint density at radius 3 is 2.85 bits per heavy atom. The van der Waals surface area contributed by atoms with Crippen LogP contribution in [0.25, 0.3) is 11.0 Å². The second-order valence-corrected chi connectivity index (χ2v) is 3.13. The number of nitrogens with two attached hydrogens (primary N) is 1. The fourth-order valence-corrected chi connectivity index (χ4v) is 1.47. The van der Waals surface area contributed by atoms with Crippen LogP contribution < -0.4 is 10.5 Å². The lowest BCUT2D eigenvalue weighted by atomic mass is 10.2. The van der Waals surface area contributed by atoms with Crippen LogP contribution in [0.5, 0.6) is 5.75 Å². The number of nitrogen functional groups attached to an aromatic ring is 1. The minimum atomic E-state index is 0.565. The summed E-state index contributed by atoms with van der Waals surface area (Å²) in [4.78, 5) is 5.93. The third-order valence-corrected chi connectivity index (χ3v) is 2.07. The molecule has 4 N–H and O–H groups in total. The molecule has 0 radical (unpaired) electrons. The highest BCUT2D eigenvalue weighted by Gasteiger charge is 2.03. The van der Waals surface area contributed by atoms with E-state index in [1.165, 1.54) is 0 Å². The lowest BCUT2D eigenvalue weighted by Crippen LogP contribution is -1.89. The van der Waals surface area contributed by atoms with Crippen LogP contribution in [0, 0.1) is 4.77 Å². The Labute approximate surface area is 79.7 Å². The molecule has 0 aliphatic carbocycles. The van der Waals surface area contributed by atoms with Crippen LogP contribution in [-0.2, 0) is 0 Å². The molecular weight excluding hydrogens is 186 g/mol. The van der Waals surface area contributed by atoms with Crippen molar-refractivity contribution in [3.05, 3.63) is 16.9 Å². The first-order chi connectivity index (χ1) is 6.20. The van der Waals surface area contributed by atoms with Crippen molar-refractivity contribution in [1.29, 1.82) is 0 Å². The first kappa shape index (κ1) is 8.12. The molecule has 1 heterocycles. The molecule has 0 saturated heterocycles. The van der Waals surface area contributed by atoms with E-state index in [2.05, 4.69) is 9.97 Å². The van der Waals surface area contributed by atoms with Crippen molar-refractivity contribution in [2.45, 2.75) is 0 Å². The van der Waals surface area contributed by atoms with E-state index in [-0.39, 0.29) is 0 Å². The molecule has 0 spiro atoms. The number of aromatic nitrogens is 2. The molecule has 2 aromatic rings. The maximum atomic E-state index is 5.77. The van der Waals surface area contributed by atoms with Gasteiger partial charge in [-0.15, -0.1) is 0 Å². The minimum Gasteiger partial charge on any atom is -0.497 e. The van der Waals surface area contributed by atoms with E-state index in [0.29, 0.717) is 10.5 Å². The van der Waals surface area contributed by atoms with E-state index >= 15 is 0 Å². The molecule has 5 heteroatoms. The monoisotopic (exact) mass is 195 g/mol. The number of imidazole rings is 1. The Kier molecular flexibility index (Phi) is 1.73. The number of fused-ring (bicyclic) bond motifs is 1. The molecule has 0 bridgehead atoms. The normalized spacial score (nSPS) is 10.5. The summed E-state index contributed by atoms with van der Waals surface area (Å²) in [6.45, 7) is 0. The summed E-state index contributed by atoms with van der Waals surface area (Å²) in [5, 5.41) is 0. The number of aromatic amines is 2. The zero-order valence-electron chi connectivity index (χ0n) is 7.05. The Morgan fingerprint density at radius 2 is 2.15 bits per heavy atom. The number of hydrogen-bond donors (Lipinski definition) is 3. The summed E-state index contributed by atoms with van der Waals surface area (Å²) in [6.07, 6.45) is 0. The van der Waals surface area contributed by atoms with Crippen LogP contribution in [0.15, 0.2) is 12.1 Å². The first-order valence-corrected chi connectivity index (χ1v) is 4.17. The zero-order chi connectivity index (χ0) is 9.42. The lowest BCUT2D eigenvalue weighted by Gasteiger charge is -2.01. The van der Waals surface area contributed by atoms with Gasteiger partial charge in [0, 0.05) is 12.1 Å². The lowest BCUT2D eigenvalue weighted by molar-refractivity contribution is 0.415. The molecule has 0 amide bonds. The second-order valence-electron chi connectivity index (χ2n) is 2.72.